The minimum Gasteiger partial charge on any atom is -0.429 e. The molecule has 2 aromatic rings. The van der Waals surface area contributed by atoms with E-state index in [-0.39, 0.29) is 0 Å². The Balaban J connectivity index is 2.01. The Hall–Kier alpha value is -1.13. The van der Waals surface area contributed by atoms with Crippen molar-refractivity contribution in [2.75, 3.05) is 13.1 Å². The SMILES string of the molecule is S=c1oc2ccccc2n1CN1CCCC1. The molecule has 1 aliphatic heterocycles. The van der Waals surface area contributed by atoms with Gasteiger partial charge in [-0.15, -0.1) is 0 Å². The van der Waals surface area contributed by atoms with Crippen molar-refractivity contribution in [1.29, 1.82) is 0 Å². The molecule has 1 aromatic heterocycles. The third-order valence-corrected chi connectivity index (χ3v) is 3.42. The van der Waals surface area contributed by atoms with Crippen LogP contribution < -0.4 is 0 Å². The molecule has 0 aliphatic carbocycles. The monoisotopic (exact) mass is 234 g/mol. The van der Waals surface area contributed by atoms with E-state index in [1.807, 2.05) is 18.2 Å². The Kier molecular flexibility index (Phi) is 2.53. The predicted molar refractivity (Wildman–Crippen MR) is 65.8 cm³/mol. The van der Waals surface area contributed by atoms with Crippen molar-refractivity contribution in [2.45, 2.75) is 19.5 Å². The first kappa shape index (κ1) is 10.1. The molecule has 1 fully saturated rings. The van der Waals surface area contributed by atoms with E-state index in [0.29, 0.717) is 4.84 Å². The minimum atomic E-state index is 0.577. The maximum atomic E-state index is 5.56. The third-order valence-electron chi connectivity index (χ3n) is 3.11. The van der Waals surface area contributed by atoms with Gasteiger partial charge in [-0.2, -0.15) is 0 Å². The molecule has 0 amide bonds. The zero-order chi connectivity index (χ0) is 11.0. The Labute approximate surface area is 99.3 Å². The van der Waals surface area contributed by atoms with E-state index < -0.39 is 0 Å². The van der Waals surface area contributed by atoms with E-state index >= 15 is 0 Å². The van der Waals surface area contributed by atoms with Gasteiger partial charge in [-0.05, 0) is 50.3 Å². The molecule has 16 heavy (non-hydrogen) atoms. The lowest BCUT2D eigenvalue weighted by Gasteiger charge is -2.15. The fraction of sp³-hybridized carbons (Fsp3) is 0.417. The lowest BCUT2D eigenvalue weighted by molar-refractivity contribution is 0.267. The minimum absolute atomic E-state index is 0.577. The van der Waals surface area contributed by atoms with E-state index in [4.69, 9.17) is 16.6 Å². The first-order valence-corrected chi connectivity index (χ1v) is 6.06. The number of rotatable bonds is 2. The zero-order valence-corrected chi connectivity index (χ0v) is 9.87. The molecular weight excluding hydrogens is 220 g/mol. The Morgan fingerprint density at radius 2 is 1.94 bits per heavy atom. The van der Waals surface area contributed by atoms with Gasteiger partial charge in [-0.3, -0.25) is 9.47 Å². The van der Waals surface area contributed by atoms with Gasteiger partial charge < -0.3 is 4.42 Å². The van der Waals surface area contributed by atoms with Gasteiger partial charge in [0.1, 0.15) is 0 Å². The summed E-state index contributed by atoms with van der Waals surface area (Å²) in [6, 6.07) is 8.02. The van der Waals surface area contributed by atoms with Gasteiger partial charge >= 0.3 is 0 Å². The van der Waals surface area contributed by atoms with Crippen molar-refractivity contribution in [3.8, 4) is 0 Å². The van der Waals surface area contributed by atoms with Gasteiger partial charge in [-0.25, -0.2) is 0 Å². The average molecular weight is 234 g/mol. The van der Waals surface area contributed by atoms with Crippen LogP contribution in [-0.2, 0) is 6.67 Å². The maximum Gasteiger partial charge on any atom is 0.270 e. The molecule has 1 aliphatic rings. The molecule has 4 heteroatoms. The first-order valence-electron chi connectivity index (χ1n) is 5.65. The van der Waals surface area contributed by atoms with Gasteiger partial charge in [0.05, 0.1) is 12.2 Å². The van der Waals surface area contributed by atoms with E-state index in [1.54, 1.807) is 0 Å². The van der Waals surface area contributed by atoms with Crippen LogP contribution in [0.4, 0.5) is 0 Å². The summed E-state index contributed by atoms with van der Waals surface area (Å²) in [6.45, 7) is 3.19. The highest BCUT2D eigenvalue weighted by Gasteiger charge is 2.14. The van der Waals surface area contributed by atoms with Crippen molar-refractivity contribution in [3.63, 3.8) is 0 Å². The molecule has 0 bridgehead atoms. The normalized spacial score (nSPS) is 17.2. The topological polar surface area (TPSA) is 21.3 Å². The lowest BCUT2D eigenvalue weighted by atomic mass is 10.3. The number of oxazole rings is 1. The van der Waals surface area contributed by atoms with Crippen molar-refractivity contribution >= 4 is 23.3 Å². The van der Waals surface area contributed by atoms with Gasteiger partial charge in [0, 0.05) is 0 Å². The smallest absolute Gasteiger partial charge is 0.270 e. The van der Waals surface area contributed by atoms with Gasteiger partial charge in [0.25, 0.3) is 4.84 Å². The second-order valence-electron chi connectivity index (χ2n) is 4.23. The second kappa shape index (κ2) is 4.03. The maximum absolute atomic E-state index is 5.56. The van der Waals surface area contributed by atoms with E-state index in [0.717, 1.165) is 17.8 Å². The number of para-hydroxylation sites is 2. The summed E-state index contributed by atoms with van der Waals surface area (Å²) in [7, 11) is 0. The van der Waals surface area contributed by atoms with E-state index in [9.17, 15) is 0 Å². The Morgan fingerprint density at radius 3 is 2.75 bits per heavy atom. The Morgan fingerprint density at radius 1 is 1.19 bits per heavy atom. The molecular formula is C12H14N2OS. The highest BCUT2D eigenvalue weighted by Crippen LogP contribution is 2.18. The molecule has 3 nitrogen and oxygen atoms in total. The molecule has 1 saturated heterocycles. The second-order valence-corrected chi connectivity index (χ2v) is 4.58. The largest absolute Gasteiger partial charge is 0.429 e. The summed E-state index contributed by atoms with van der Waals surface area (Å²) < 4.78 is 7.64. The summed E-state index contributed by atoms with van der Waals surface area (Å²) in [5, 5.41) is 0. The van der Waals surface area contributed by atoms with Crippen LogP contribution in [0.15, 0.2) is 28.7 Å². The van der Waals surface area contributed by atoms with Crippen LogP contribution in [0.2, 0.25) is 0 Å². The quantitative estimate of drug-likeness (QED) is 0.745. The highest BCUT2D eigenvalue weighted by atomic mass is 32.1. The summed E-state index contributed by atoms with van der Waals surface area (Å²) in [5.41, 5.74) is 1.98. The number of nitrogens with zero attached hydrogens (tertiary/aromatic N) is 2. The van der Waals surface area contributed by atoms with Gasteiger partial charge in [-0.1, -0.05) is 12.1 Å². The van der Waals surface area contributed by atoms with Crippen LogP contribution in [-0.4, -0.2) is 22.6 Å². The molecule has 0 atom stereocenters. The Bertz CT molecular complexity index is 551. The van der Waals surface area contributed by atoms with E-state index in [1.165, 1.54) is 25.9 Å². The number of fused-ring (bicyclic) bond motifs is 1. The number of aromatic nitrogens is 1. The standard InChI is InChI=1S/C12H14N2OS/c16-12-14(9-13-7-3-4-8-13)10-5-1-2-6-11(10)15-12/h1-2,5-6H,3-4,7-9H2. The van der Waals surface area contributed by atoms with Crippen molar-refractivity contribution in [1.82, 2.24) is 9.47 Å². The lowest BCUT2D eigenvalue weighted by Crippen LogP contribution is -2.22. The van der Waals surface area contributed by atoms with Crippen molar-refractivity contribution in [3.05, 3.63) is 29.1 Å². The molecule has 0 radical (unpaired) electrons. The summed E-state index contributed by atoms with van der Waals surface area (Å²) >= 11 is 5.26. The number of hydrogen-bond donors (Lipinski definition) is 0. The summed E-state index contributed by atoms with van der Waals surface area (Å²) in [5.74, 6) is 0. The van der Waals surface area contributed by atoms with Crippen LogP contribution in [0, 0.1) is 4.84 Å². The molecule has 1 aromatic carbocycles. The number of likely N-dealkylation sites (tertiary alicyclic amines) is 1. The predicted octanol–water partition coefficient (Wildman–Crippen LogP) is 3.02. The van der Waals surface area contributed by atoms with Crippen LogP contribution >= 0.6 is 12.2 Å². The number of hydrogen-bond acceptors (Lipinski definition) is 3. The molecule has 0 unspecified atom stereocenters. The molecule has 84 valence electrons. The zero-order valence-electron chi connectivity index (χ0n) is 9.06. The molecule has 0 N–H and O–H groups in total. The summed E-state index contributed by atoms with van der Waals surface area (Å²) in [4.78, 5) is 2.99. The molecule has 2 heterocycles. The third kappa shape index (κ3) is 1.68. The fourth-order valence-electron chi connectivity index (χ4n) is 2.27. The van der Waals surface area contributed by atoms with Crippen LogP contribution in [0.25, 0.3) is 11.1 Å². The fourth-order valence-corrected chi connectivity index (χ4v) is 2.52. The first-order chi connectivity index (χ1) is 7.84. The van der Waals surface area contributed by atoms with Crippen molar-refractivity contribution in [2.24, 2.45) is 0 Å². The van der Waals surface area contributed by atoms with E-state index in [2.05, 4.69) is 15.5 Å². The number of benzene rings is 1. The average Bonchev–Trinajstić information content (AvgIpc) is 2.89. The van der Waals surface area contributed by atoms with Crippen LogP contribution in [0.5, 0.6) is 0 Å². The van der Waals surface area contributed by atoms with Gasteiger partial charge in [0.15, 0.2) is 5.58 Å². The highest BCUT2D eigenvalue weighted by molar-refractivity contribution is 7.71. The molecule has 0 spiro atoms. The van der Waals surface area contributed by atoms with Crippen LogP contribution in [0.3, 0.4) is 0 Å². The molecule has 0 saturated carbocycles. The summed E-state index contributed by atoms with van der Waals surface area (Å²) in [6.07, 6.45) is 2.59. The van der Waals surface area contributed by atoms with Gasteiger partial charge in [0.2, 0.25) is 0 Å². The molecule has 3 rings (SSSR count). The van der Waals surface area contributed by atoms with Crippen LogP contribution in [0.1, 0.15) is 12.8 Å². The van der Waals surface area contributed by atoms with Crippen molar-refractivity contribution < 1.29 is 4.42 Å².